The van der Waals surface area contributed by atoms with Crippen LogP contribution in [0.3, 0.4) is 0 Å². The zero-order valence-electron chi connectivity index (χ0n) is 10.4. The molecule has 2 unspecified atom stereocenters. The number of ether oxygens (including phenoxy) is 2. The molecule has 1 aliphatic heterocycles. The minimum atomic E-state index is -0.669. The molecule has 98 valence electrons. The number of primary amides is 1. The van der Waals surface area contributed by atoms with E-state index < -0.39 is 5.54 Å². The highest BCUT2D eigenvalue weighted by molar-refractivity contribution is 5.85. The largest absolute Gasteiger partial charge is 0.379 e. The van der Waals surface area contributed by atoms with Crippen molar-refractivity contribution in [1.29, 1.82) is 0 Å². The van der Waals surface area contributed by atoms with Crippen molar-refractivity contribution in [2.45, 2.75) is 37.8 Å². The average molecular weight is 242 g/mol. The highest BCUT2D eigenvalue weighted by Crippen LogP contribution is 2.40. The van der Waals surface area contributed by atoms with Gasteiger partial charge in [-0.05, 0) is 31.7 Å². The van der Waals surface area contributed by atoms with E-state index in [2.05, 4.69) is 5.32 Å². The lowest BCUT2D eigenvalue weighted by Crippen LogP contribution is -2.60. The molecule has 3 N–H and O–H groups in total. The lowest BCUT2D eigenvalue weighted by Gasteiger charge is -2.32. The third-order valence-corrected chi connectivity index (χ3v) is 3.64. The van der Waals surface area contributed by atoms with Crippen molar-refractivity contribution in [3.63, 3.8) is 0 Å². The fourth-order valence-corrected chi connectivity index (χ4v) is 2.46. The Morgan fingerprint density at radius 1 is 1.53 bits per heavy atom. The summed E-state index contributed by atoms with van der Waals surface area (Å²) in [6.45, 7) is 4.46. The molecule has 1 saturated carbocycles. The van der Waals surface area contributed by atoms with E-state index in [-0.39, 0.29) is 12.0 Å². The molecule has 17 heavy (non-hydrogen) atoms. The molecule has 0 aromatic heterocycles. The van der Waals surface area contributed by atoms with E-state index >= 15 is 0 Å². The fraction of sp³-hybridized carbons (Fsp3) is 0.917. The first-order chi connectivity index (χ1) is 8.19. The number of carbonyl (C=O) groups excluding carboxylic acids is 1. The van der Waals surface area contributed by atoms with E-state index in [4.69, 9.17) is 15.2 Å². The van der Waals surface area contributed by atoms with Gasteiger partial charge in [0.1, 0.15) is 5.54 Å². The van der Waals surface area contributed by atoms with Crippen LogP contribution in [0.15, 0.2) is 0 Å². The van der Waals surface area contributed by atoms with Crippen LogP contribution in [0.5, 0.6) is 0 Å². The van der Waals surface area contributed by atoms with Crippen LogP contribution < -0.4 is 11.1 Å². The van der Waals surface area contributed by atoms with Gasteiger partial charge in [0.15, 0.2) is 0 Å². The molecule has 0 aromatic carbocycles. The summed E-state index contributed by atoms with van der Waals surface area (Å²) >= 11 is 0. The van der Waals surface area contributed by atoms with Gasteiger partial charge >= 0.3 is 0 Å². The molecule has 2 rings (SSSR count). The third kappa shape index (κ3) is 2.78. The van der Waals surface area contributed by atoms with Crippen LogP contribution in [0.1, 0.15) is 26.2 Å². The van der Waals surface area contributed by atoms with Crippen molar-refractivity contribution < 1.29 is 14.3 Å². The van der Waals surface area contributed by atoms with Crippen LogP contribution >= 0.6 is 0 Å². The van der Waals surface area contributed by atoms with Crippen LogP contribution in [0.4, 0.5) is 0 Å². The van der Waals surface area contributed by atoms with E-state index in [0.29, 0.717) is 19.1 Å². The van der Waals surface area contributed by atoms with Crippen molar-refractivity contribution in [3.8, 4) is 0 Å². The minimum Gasteiger partial charge on any atom is -0.379 e. The van der Waals surface area contributed by atoms with Gasteiger partial charge in [0, 0.05) is 6.61 Å². The Balaban J connectivity index is 1.95. The smallest absolute Gasteiger partial charge is 0.240 e. The Hall–Kier alpha value is -0.650. The van der Waals surface area contributed by atoms with Crippen LogP contribution in [-0.2, 0) is 14.3 Å². The Morgan fingerprint density at radius 3 is 2.76 bits per heavy atom. The van der Waals surface area contributed by atoms with Crippen LogP contribution in [0.2, 0.25) is 0 Å². The Kier molecular flexibility index (Phi) is 4.01. The molecule has 0 radical (unpaired) electrons. The second-order valence-electron chi connectivity index (χ2n) is 4.94. The maximum atomic E-state index is 11.7. The van der Waals surface area contributed by atoms with Gasteiger partial charge in [-0.2, -0.15) is 0 Å². The fourth-order valence-electron chi connectivity index (χ4n) is 2.46. The number of hydrogen-bond donors (Lipinski definition) is 2. The Morgan fingerprint density at radius 2 is 2.29 bits per heavy atom. The first kappa shape index (κ1) is 12.8. The monoisotopic (exact) mass is 242 g/mol. The zero-order valence-corrected chi connectivity index (χ0v) is 10.4. The topological polar surface area (TPSA) is 73.6 Å². The van der Waals surface area contributed by atoms with E-state index in [1.54, 1.807) is 0 Å². The van der Waals surface area contributed by atoms with E-state index in [0.717, 1.165) is 32.4 Å². The van der Waals surface area contributed by atoms with Gasteiger partial charge < -0.3 is 20.5 Å². The highest BCUT2D eigenvalue weighted by Gasteiger charge is 2.50. The standard InChI is InChI=1S/C12H22N2O3/c1-2-14-12(11(13)15,9-3-4-9)8-17-10-5-6-16-7-10/h9-10,14H,2-8H2,1H3,(H2,13,15). The van der Waals surface area contributed by atoms with E-state index in [1.165, 1.54) is 0 Å². The molecule has 2 fully saturated rings. The van der Waals surface area contributed by atoms with Gasteiger partial charge in [-0.3, -0.25) is 4.79 Å². The Labute approximate surface area is 102 Å². The minimum absolute atomic E-state index is 0.117. The van der Waals surface area contributed by atoms with Crippen LogP contribution in [-0.4, -0.2) is 43.9 Å². The van der Waals surface area contributed by atoms with Gasteiger partial charge in [0.05, 0.1) is 19.3 Å². The molecule has 1 amide bonds. The molecule has 5 heteroatoms. The molecule has 2 atom stereocenters. The van der Waals surface area contributed by atoms with Crippen LogP contribution in [0, 0.1) is 5.92 Å². The SMILES string of the molecule is CCNC(COC1CCOC1)(C(N)=O)C1CC1. The number of nitrogens with one attached hydrogen (secondary N) is 1. The zero-order chi connectivity index (χ0) is 12.3. The Bertz CT molecular complexity index is 275. The van der Waals surface area contributed by atoms with Crippen molar-refractivity contribution in [2.75, 3.05) is 26.4 Å². The van der Waals surface area contributed by atoms with Gasteiger partial charge in [-0.25, -0.2) is 0 Å². The number of amides is 1. The summed E-state index contributed by atoms with van der Waals surface area (Å²) in [5.41, 5.74) is 4.90. The highest BCUT2D eigenvalue weighted by atomic mass is 16.5. The lowest BCUT2D eigenvalue weighted by molar-refractivity contribution is -0.129. The molecule has 1 aliphatic carbocycles. The molecule has 1 heterocycles. The number of nitrogens with two attached hydrogens (primary N) is 1. The number of carbonyl (C=O) groups is 1. The second kappa shape index (κ2) is 5.33. The summed E-state index contributed by atoms with van der Waals surface area (Å²) in [4.78, 5) is 11.7. The van der Waals surface area contributed by atoms with Crippen molar-refractivity contribution in [1.82, 2.24) is 5.32 Å². The summed E-state index contributed by atoms with van der Waals surface area (Å²) in [5.74, 6) is 0.0445. The lowest BCUT2D eigenvalue weighted by atomic mass is 9.93. The maximum Gasteiger partial charge on any atom is 0.240 e. The average Bonchev–Trinajstić information content (AvgIpc) is 3.02. The quantitative estimate of drug-likeness (QED) is 0.661. The maximum absolute atomic E-state index is 11.7. The van der Waals surface area contributed by atoms with Gasteiger partial charge in [0.25, 0.3) is 0 Å². The number of rotatable bonds is 7. The molecule has 0 aromatic rings. The number of hydrogen-bond acceptors (Lipinski definition) is 4. The first-order valence-corrected chi connectivity index (χ1v) is 6.43. The molecular weight excluding hydrogens is 220 g/mol. The molecule has 0 spiro atoms. The van der Waals surface area contributed by atoms with Crippen LogP contribution in [0.25, 0.3) is 0 Å². The molecule has 1 saturated heterocycles. The van der Waals surface area contributed by atoms with Gasteiger partial charge in [0.2, 0.25) is 5.91 Å². The molecular formula is C12H22N2O3. The van der Waals surface area contributed by atoms with Gasteiger partial charge in [-0.1, -0.05) is 6.92 Å². The predicted molar refractivity (Wildman–Crippen MR) is 63.5 cm³/mol. The van der Waals surface area contributed by atoms with Crippen molar-refractivity contribution >= 4 is 5.91 Å². The summed E-state index contributed by atoms with van der Waals surface area (Å²) in [7, 11) is 0. The second-order valence-corrected chi connectivity index (χ2v) is 4.94. The van der Waals surface area contributed by atoms with E-state index in [9.17, 15) is 4.79 Å². The summed E-state index contributed by atoms with van der Waals surface area (Å²) < 4.78 is 11.1. The number of likely N-dealkylation sites (N-methyl/N-ethyl adjacent to an activating group) is 1. The van der Waals surface area contributed by atoms with Crippen molar-refractivity contribution in [2.24, 2.45) is 11.7 Å². The summed E-state index contributed by atoms with van der Waals surface area (Å²) in [6.07, 6.45) is 3.14. The van der Waals surface area contributed by atoms with Gasteiger partial charge in [-0.15, -0.1) is 0 Å². The summed E-state index contributed by atoms with van der Waals surface area (Å²) in [6, 6.07) is 0. The molecule has 5 nitrogen and oxygen atoms in total. The summed E-state index contributed by atoms with van der Waals surface area (Å²) in [5, 5.41) is 3.24. The van der Waals surface area contributed by atoms with Crippen molar-refractivity contribution in [3.05, 3.63) is 0 Å². The third-order valence-electron chi connectivity index (χ3n) is 3.64. The molecule has 2 aliphatic rings. The predicted octanol–water partition coefficient (Wildman–Crippen LogP) is 0.0355. The molecule has 0 bridgehead atoms. The normalized spacial score (nSPS) is 27.9. The van der Waals surface area contributed by atoms with E-state index in [1.807, 2.05) is 6.92 Å². The first-order valence-electron chi connectivity index (χ1n) is 6.43.